The molecule has 1 aromatic heterocycles. The van der Waals surface area contributed by atoms with Crippen LogP contribution in [0.1, 0.15) is 47.8 Å². The van der Waals surface area contributed by atoms with Crippen molar-refractivity contribution in [3.05, 3.63) is 34.4 Å². The Balaban J connectivity index is 0.00000169. The molecule has 0 spiro atoms. The number of nitrogens with zero attached hydrogens (tertiary/aromatic N) is 3. The molecule has 10 heteroatoms. The average molecular weight is 423 g/mol. The molecule has 0 bridgehead atoms. The molecular weight excluding hydrogens is 401 g/mol. The van der Waals surface area contributed by atoms with Crippen LogP contribution in [-0.4, -0.2) is 27.8 Å². The maximum absolute atomic E-state index is 12.7. The van der Waals surface area contributed by atoms with Crippen molar-refractivity contribution in [1.29, 1.82) is 0 Å². The minimum absolute atomic E-state index is 0. The van der Waals surface area contributed by atoms with Crippen LogP contribution in [0, 0.1) is 0 Å². The number of carbonyl (C=O) groups is 1. The first-order valence-electron chi connectivity index (χ1n) is 7.91. The van der Waals surface area contributed by atoms with E-state index in [-0.39, 0.29) is 36.8 Å². The van der Waals surface area contributed by atoms with E-state index in [1.54, 1.807) is 6.07 Å². The van der Waals surface area contributed by atoms with E-state index in [9.17, 15) is 4.79 Å². The van der Waals surface area contributed by atoms with Crippen LogP contribution >= 0.6 is 36.4 Å². The molecule has 1 unspecified atom stereocenters. The lowest BCUT2D eigenvalue weighted by Gasteiger charge is -2.23. The number of benzene rings is 1. The Morgan fingerprint density at radius 3 is 2.85 bits per heavy atom. The molecule has 0 saturated carbocycles. The van der Waals surface area contributed by atoms with Gasteiger partial charge in [0, 0.05) is 19.0 Å². The number of nitrogens with one attached hydrogen (secondary N) is 1. The molecule has 2 aromatic rings. The van der Waals surface area contributed by atoms with Crippen molar-refractivity contribution in [1.82, 2.24) is 20.1 Å². The normalized spacial score (nSPS) is 15.3. The van der Waals surface area contributed by atoms with E-state index in [1.807, 2.05) is 11.6 Å². The molecule has 0 saturated heterocycles. The van der Waals surface area contributed by atoms with Gasteiger partial charge >= 0.3 is 0 Å². The Morgan fingerprint density at radius 1 is 1.46 bits per heavy atom. The van der Waals surface area contributed by atoms with Crippen LogP contribution in [0.5, 0.6) is 5.75 Å². The van der Waals surface area contributed by atoms with E-state index >= 15 is 0 Å². The number of fused-ring (bicyclic) bond motifs is 1. The molecule has 0 fully saturated rings. The second-order valence-corrected chi connectivity index (χ2v) is 6.11. The monoisotopic (exact) mass is 421 g/mol. The number of methoxy groups -OCH3 is 1. The predicted molar refractivity (Wildman–Crippen MR) is 106 cm³/mol. The largest absolute Gasteiger partial charge is 0.496 e. The third kappa shape index (κ3) is 4.34. The molecular formula is C16H22Cl3N5O2. The fraction of sp³-hybridized carbons (Fsp3) is 0.438. The summed E-state index contributed by atoms with van der Waals surface area (Å²) in [5.41, 5.74) is 6.49. The van der Waals surface area contributed by atoms with Crippen molar-refractivity contribution in [3.63, 3.8) is 0 Å². The number of hydrogen-bond acceptors (Lipinski definition) is 5. The third-order valence-corrected chi connectivity index (χ3v) is 4.43. The summed E-state index contributed by atoms with van der Waals surface area (Å²) in [6.45, 7) is 2.84. The van der Waals surface area contributed by atoms with Crippen LogP contribution in [0.3, 0.4) is 0 Å². The molecule has 0 radical (unpaired) electrons. The zero-order valence-electron chi connectivity index (χ0n) is 14.5. The highest BCUT2D eigenvalue weighted by atomic mass is 35.5. The lowest BCUT2D eigenvalue weighted by molar-refractivity contribution is 0.0924. The zero-order valence-corrected chi connectivity index (χ0v) is 16.9. The van der Waals surface area contributed by atoms with Gasteiger partial charge in [-0.15, -0.1) is 24.8 Å². The summed E-state index contributed by atoms with van der Waals surface area (Å²) in [6, 6.07) is 2.89. The molecule has 3 N–H and O–H groups in total. The van der Waals surface area contributed by atoms with Gasteiger partial charge in [-0.05, 0) is 18.9 Å². The Bertz CT molecular complexity index is 781. The molecule has 1 aliphatic rings. The number of halogens is 3. The number of anilines is 1. The van der Waals surface area contributed by atoms with Crippen molar-refractivity contribution >= 4 is 48.0 Å². The lowest BCUT2D eigenvalue weighted by atomic mass is 10.1. The first-order valence-corrected chi connectivity index (χ1v) is 8.28. The van der Waals surface area contributed by atoms with E-state index < -0.39 is 0 Å². The Morgan fingerprint density at radius 2 is 2.19 bits per heavy atom. The topological polar surface area (TPSA) is 95.1 Å². The van der Waals surface area contributed by atoms with Crippen molar-refractivity contribution < 1.29 is 9.53 Å². The number of nitrogens with two attached hydrogens (primary N) is 1. The minimum Gasteiger partial charge on any atom is -0.496 e. The van der Waals surface area contributed by atoms with Gasteiger partial charge in [0.15, 0.2) is 5.82 Å². The summed E-state index contributed by atoms with van der Waals surface area (Å²) in [6.07, 6.45) is 2.52. The SMILES string of the molecule is CCc1nc2n(n1)CCCC2NC(=O)c1cc(Cl)c(N)cc1OC.Cl.Cl. The maximum atomic E-state index is 12.7. The van der Waals surface area contributed by atoms with Crippen LogP contribution in [-0.2, 0) is 13.0 Å². The second-order valence-electron chi connectivity index (χ2n) is 5.71. The first kappa shape index (κ1) is 22.3. The van der Waals surface area contributed by atoms with Gasteiger partial charge in [-0.3, -0.25) is 4.79 Å². The molecule has 26 heavy (non-hydrogen) atoms. The number of aromatic nitrogens is 3. The van der Waals surface area contributed by atoms with Crippen LogP contribution in [0.25, 0.3) is 0 Å². The van der Waals surface area contributed by atoms with Gasteiger partial charge in [0.2, 0.25) is 0 Å². The molecule has 1 aliphatic heterocycles. The fourth-order valence-corrected chi connectivity index (χ4v) is 3.00. The molecule has 144 valence electrons. The Labute approximate surface area is 169 Å². The number of hydrogen-bond donors (Lipinski definition) is 2. The number of nitrogen functional groups attached to an aromatic ring is 1. The van der Waals surface area contributed by atoms with Gasteiger partial charge in [-0.1, -0.05) is 18.5 Å². The van der Waals surface area contributed by atoms with Crippen molar-refractivity contribution in [2.75, 3.05) is 12.8 Å². The first-order chi connectivity index (χ1) is 11.5. The standard InChI is InChI=1S/C16H20ClN5O2.2ClH/c1-3-14-20-15-12(5-4-6-22(15)21-14)19-16(23)9-7-10(17)11(18)8-13(9)24-2;;/h7-8,12H,3-6,18H2,1-2H3,(H,19,23);2*1H. The lowest BCUT2D eigenvalue weighted by Crippen LogP contribution is -2.33. The molecule has 2 heterocycles. The van der Waals surface area contributed by atoms with Crippen LogP contribution < -0.4 is 15.8 Å². The van der Waals surface area contributed by atoms with Crippen molar-refractivity contribution in [2.24, 2.45) is 0 Å². The number of aryl methyl sites for hydroxylation is 2. The fourth-order valence-electron chi connectivity index (χ4n) is 2.84. The van der Waals surface area contributed by atoms with Crippen LogP contribution in [0.2, 0.25) is 5.02 Å². The highest BCUT2D eigenvalue weighted by molar-refractivity contribution is 6.33. The van der Waals surface area contributed by atoms with E-state index in [4.69, 9.17) is 22.1 Å². The van der Waals surface area contributed by atoms with Gasteiger partial charge in [0.25, 0.3) is 5.91 Å². The average Bonchev–Trinajstić information content (AvgIpc) is 3.01. The summed E-state index contributed by atoms with van der Waals surface area (Å²) >= 11 is 6.05. The third-order valence-electron chi connectivity index (χ3n) is 4.10. The van der Waals surface area contributed by atoms with Gasteiger partial charge < -0.3 is 15.8 Å². The smallest absolute Gasteiger partial charge is 0.255 e. The van der Waals surface area contributed by atoms with Crippen LogP contribution in [0.4, 0.5) is 5.69 Å². The van der Waals surface area contributed by atoms with E-state index in [0.29, 0.717) is 22.0 Å². The minimum atomic E-state index is -0.270. The summed E-state index contributed by atoms with van der Waals surface area (Å²) in [5, 5.41) is 7.78. The van der Waals surface area contributed by atoms with Crippen LogP contribution in [0.15, 0.2) is 12.1 Å². The summed E-state index contributed by atoms with van der Waals surface area (Å²) in [7, 11) is 1.49. The van der Waals surface area contributed by atoms with Gasteiger partial charge in [0.05, 0.1) is 29.4 Å². The van der Waals surface area contributed by atoms with Gasteiger partial charge in [-0.2, -0.15) is 5.10 Å². The predicted octanol–water partition coefficient (Wildman–Crippen LogP) is 3.19. The van der Waals surface area contributed by atoms with E-state index in [1.165, 1.54) is 13.2 Å². The molecule has 1 amide bonds. The maximum Gasteiger partial charge on any atom is 0.255 e. The van der Waals surface area contributed by atoms with Crippen molar-refractivity contribution in [3.8, 4) is 5.75 Å². The number of ether oxygens (including phenoxy) is 1. The summed E-state index contributed by atoms with van der Waals surface area (Å²) in [5.74, 6) is 1.71. The molecule has 0 aliphatic carbocycles. The highest BCUT2D eigenvalue weighted by Crippen LogP contribution is 2.30. The molecule has 1 aromatic carbocycles. The number of rotatable bonds is 4. The number of amides is 1. The Hall–Kier alpha value is -1.70. The molecule has 3 rings (SSSR count). The summed E-state index contributed by atoms with van der Waals surface area (Å²) in [4.78, 5) is 17.2. The summed E-state index contributed by atoms with van der Waals surface area (Å²) < 4.78 is 7.13. The highest BCUT2D eigenvalue weighted by Gasteiger charge is 2.27. The van der Waals surface area contributed by atoms with E-state index in [0.717, 1.165) is 37.5 Å². The van der Waals surface area contributed by atoms with Gasteiger partial charge in [-0.25, -0.2) is 9.67 Å². The Kier molecular flexibility index (Phi) is 7.99. The molecule has 7 nitrogen and oxygen atoms in total. The number of carbonyl (C=O) groups excluding carboxylic acids is 1. The zero-order chi connectivity index (χ0) is 17.3. The van der Waals surface area contributed by atoms with Gasteiger partial charge in [0.1, 0.15) is 11.6 Å². The van der Waals surface area contributed by atoms with Crippen molar-refractivity contribution in [2.45, 2.75) is 38.8 Å². The second kappa shape index (κ2) is 9.30. The molecule has 1 atom stereocenters. The van der Waals surface area contributed by atoms with E-state index in [2.05, 4.69) is 15.4 Å². The quantitative estimate of drug-likeness (QED) is 0.738.